The van der Waals surface area contributed by atoms with Gasteiger partial charge in [-0.3, -0.25) is 0 Å². The zero-order chi connectivity index (χ0) is 13.6. The molecule has 1 unspecified atom stereocenters. The van der Waals surface area contributed by atoms with Crippen molar-refractivity contribution in [1.82, 2.24) is 5.32 Å². The van der Waals surface area contributed by atoms with Crippen LogP contribution in [-0.2, 0) is 0 Å². The Labute approximate surface area is 116 Å². The van der Waals surface area contributed by atoms with E-state index in [-0.39, 0.29) is 6.04 Å². The van der Waals surface area contributed by atoms with Gasteiger partial charge in [0.05, 0.1) is 12.5 Å². The lowest BCUT2D eigenvalue weighted by atomic mass is 9.83. The summed E-state index contributed by atoms with van der Waals surface area (Å²) in [5.74, 6) is 0. The molecule has 0 radical (unpaired) electrons. The van der Waals surface area contributed by atoms with Crippen LogP contribution in [0.15, 0.2) is 30.3 Å². The normalized spacial score (nSPS) is 18.9. The summed E-state index contributed by atoms with van der Waals surface area (Å²) in [6.07, 6.45) is 7.19. The van der Waals surface area contributed by atoms with Gasteiger partial charge in [-0.15, -0.1) is 0 Å². The van der Waals surface area contributed by atoms with E-state index in [2.05, 4.69) is 30.4 Å². The monoisotopic (exact) mass is 256 g/mol. The SMILES string of the molecule is CCC1(CNC(CC#N)c2ccccc2)CCCC1. The first-order chi connectivity index (χ1) is 9.29. The molecule has 1 aromatic rings. The third-order valence-corrected chi connectivity index (χ3v) is 4.64. The van der Waals surface area contributed by atoms with Crippen molar-refractivity contribution in [2.75, 3.05) is 6.54 Å². The molecule has 0 heterocycles. The van der Waals surface area contributed by atoms with Gasteiger partial charge in [-0.05, 0) is 30.2 Å². The Morgan fingerprint density at radius 1 is 1.26 bits per heavy atom. The molecule has 0 bridgehead atoms. The molecule has 0 spiro atoms. The third kappa shape index (κ3) is 3.58. The van der Waals surface area contributed by atoms with E-state index < -0.39 is 0 Å². The molecule has 0 aliphatic heterocycles. The van der Waals surface area contributed by atoms with Crippen LogP contribution >= 0.6 is 0 Å². The van der Waals surface area contributed by atoms with Crippen molar-refractivity contribution in [1.29, 1.82) is 5.26 Å². The summed E-state index contributed by atoms with van der Waals surface area (Å²) in [4.78, 5) is 0. The molecule has 1 atom stereocenters. The van der Waals surface area contributed by atoms with Crippen LogP contribution < -0.4 is 5.32 Å². The Balaban J connectivity index is 2.00. The summed E-state index contributed by atoms with van der Waals surface area (Å²) in [6.45, 7) is 3.35. The predicted octanol–water partition coefficient (Wildman–Crippen LogP) is 4.20. The molecule has 0 amide bonds. The molecular weight excluding hydrogens is 232 g/mol. The van der Waals surface area contributed by atoms with E-state index in [4.69, 9.17) is 5.26 Å². The Kier molecular flexibility index (Phi) is 4.99. The summed E-state index contributed by atoms with van der Waals surface area (Å²) in [5, 5.41) is 12.7. The molecule has 1 aliphatic carbocycles. The second-order valence-corrected chi connectivity index (χ2v) is 5.77. The van der Waals surface area contributed by atoms with Gasteiger partial charge in [0.15, 0.2) is 0 Å². The Bertz CT molecular complexity index is 413. The van der Waals surface area contributed by atoms with Crippen LogP contribution in [0.4, 0.5) is 0 Å². The fourth-order valence-electron chi connectivity index (χ4n) is 3.20. The van der Waals surface area contributed by atoms with Gasteiger partial charge in [0.2, 0.25) is 0 Å². The molecule has 0 saturated heterocycles. The van der Waals surface area contributed by atoms with Crippen molar-refractivity contribution in [2.24, 2.45) is 5.41 Å². The molecule has 19 heavy (non-hydrogen) atoms. The summed E-state index contributed by atoms with van der Waals surface area (Å²) in [7, 11) is 0. The minimum atomic E-state index is 0.176. The Morgan fingerprint density at radius 2 is 1.95 bits per heavy atom. The molecular formula is C17H24N2. The van der Waals surface area contributed by atoms with Gasteiger partial charge in [0.1, 0.15) is 0 Å². The summed E-state index contributed by atoms with van der Waals surface area (Å²) in [5.41, 5.74) is 1.70. The van der Waals surface area contributed by atoms with Crippen molar-refractivity contribution in [3.8, 4) is 6.07 Å². The summed E-state index contributed by atoms with van der Waals surface area (Å²) >= 11 is 0. The van der Waals surface area contributed by atoms with Gasteiger partial charge in [-0.25, -0.2) is 0 Å². The Morgan fingerprint density at radius 3 is 2.53 bits per heavy atom. The molecule has 2 rings (SSSR count). The second-order valence-electron chi connectivity index (χ2n) is 5.77. The smallest absolute Gasteiger partial charge is 0.0641 e. The highest BCUT2D eigenvalue weighted by Gasteiger charge is 2.32. The van der Waals surface area contributed by atoms with Crippen LogP contribution in [0.1, 0.15) is 57.1 Å². The van der Waals surface area contributed by atoms with E-state index in [1.165, 1.54) is 37.7 Å². The third-order valence-electron chi connectivity index (χ3n) is 4.64. The molecule has 1 aromatic carbocycles. The van der Waals surface area contributed by atoms with Crippen LogP contribution in [0.2, 0.25) is 0 Å². The minimum Gasteiger partial charge on any atom is -0.309 e. The van der Waals surface area contributed by atoms with E-state index in [1.807, 2.05) is 18.2 Å². The molecule has 0 aromatic heterocycles. The van der Waals surface area contributed by atoms with Crippen LogP contribution in [0, 0.1) is 16.7 Å². The van der Waals surface area contributed by atoms with E-state index in [0.29, 0.717) is 11.8 Å². The number of hydrogen-bond acceptors (Lipinski definition) is 2. The number of hydrogen-bond donors (Lipinski definition) is 1. The zero-order valence-electron chi connectivity index (χ0n) is 11.9. The standard InChI is InChI=1S/C17H24N2/c1-2-17(11-6-7-12-17)14-19-16(10-13-18)15-8-4-3-5-9-15/h3-5,8-9,16,19H,2,6-7,10-12,14H2,1H3. The van der Waals surface area contributed by atoms with Crippen molar-refractivity contribution in [2.45, 2.75) is 51.5 Å². The first kappa shape index (κ1) is 14.1. The van der Waals surface area contributed by atoms with Gasteiger partial charge in [-0.1, -0.05) is 50.1 Å². The van der Waals surface area contributed by atoms with E-state index in [1.54, 1.807) is 0 Å². The van der Waals surface area contributed by atoms with Crippen LogP contribution in [0.3, 0.4) is 0 Å². The van der Waals surface area contributed by atoms with Crippen molar-refractivity contribution >= 4 is 0 Å². The zero-order valence-corrected chi connectivity index (χ0v) is 11.9. The maximum absolute atomic E-state index is 9.02. The largest absolute Gasteiger partial charge is 0.309 e. The fourth-order valence-corrected chi connectivity index (χ4v) is 3.20. The molecule has 2 heteroatoms. The summed E-state index contributed by atoms with van der Waals surface area (Å²) in [6, 6.07) is 12.8. The maximum atomic E-state index is 9.02. The number of benzene rings is 1. The highest BCUT2D eigenvalue weighted by Crippen LogP contribution is 2.40. The highest BCUT2D eigenvalue weighted by molar-refractivity contribution is 5.20. The lowest BCUT2D eigenvalue weighted by molar-refractivity contribution is 0.256. The van der Waals surface area contributed by atoms with E-state index in [0.717, 1.165) is 6.54 Å². The minimum absolute atomic E-state index is 0.176. The first-order valence-electron chi connectivity index (χ1n) is 7.45. The number of rotatable bonds is 6. The predicted molar refractivity (Wildman–Crippen MR) is 78.6 cm³/mol. The summed E-state index contributed by atoms with van der Waals surface area (Å²) < 4.78 is 0. The van der Waals surface area contributed by atoms with Gasteiger partial charge >= 0.3 is 0 Å². The average Bonchev–Trinajstić information content (AvgIpc) is 2.94. The maximum Gasteiger partial charge on any atom is 0.0641 e. The second kappa shape index (κ2) is 6.73. The fraction of sp³-hybridized carbons (Fsp3) is 0.588. The van der Waals surface area contributed by atoms with Crippen molar-refractivity contribution in [3.05, 3.63) is 35.9 Å². The molecule has 1 saturated carbocycles. The van der Waals surface area contributed by atoms with Crippen molar-refractivity contribution in [3.63, 3.8) is 0 Å². The number of nitrogens with one attached hydrogen (secondary N) is 1. The van der Waals surface area contributed by atoms with Gasteiger partial charge < -0.3 is 5.32 Å². The lowest BCUT2D eigenvalue weighted by Crippen LogP contribution is -2.34. The molecule has 1 N–H and O–H groups in total. The van der Waals surface area contributed by atoms with Gasteiger partial charge in [-0.2, -0.15) is 5.26 Å². The van der Waals surface area contributed by atoms with Crippen LogP contribution in [0.25, 0.3) is 0 Å². The van der Waals surface area contributed by atoms with E-state index >= 15 is 0 Å². The Hall–Kier alpha value is -1.33. The average molecular weight is 256 g/mol. The topological polar surface area (TPSA) is 35.8 Å². The molecule has 102 valence electrons. The van der Waals surface area contributed by atoms with Crippen LogP contribution in [0.5, 0.6) is 0 Å². The van der Waals surface area contributed by atoms with Crippen LogP contribution in [-0.4, -0.2) is 6.54 Å². The number of nitriles is 1. The molecule has 2 nitrogen and oxygen atoms in total. The first-order valence-corrected chi connectivity index (χ1v) is 7.45. The van der Waals surface area contributed by atoms with Gasteiger partial charge in [0, 0.05) is 12.6 Å². The van der Waals surface area contributed by atoms with Crippen molar-refractivity contribution < 1.29 is 0 Å². The van der Waals surface area contributed by atoms with Gasteiger partial charge in [0.25, 0.3) is 0 Å². The van der Waals surface area contributed by atoms with E-state index in [9.17, 15) is 0 Å². The highest BCUT2D eigenvalue weighted by atomic mass is 14.9. The molecule has 1 fully saturated rings. The molecule has 1 aliphatic rings. The quantitative estimate of drug-likeness (QED) is 0.828. The number of nitrogens with zero attached hydrogens (tertiary/aromatic N) is 1. The lowest BCUT2D eigenvalue weighted by Gasteiger charge is -2.30.